The van der Waals surface area contributed by atoms with Gasteiger partial charge < -0.3 is 10.5 Å². The van der Waals surface area contributed by atoms with Crippen LogP contribution >= 0.6 is 0 Å². The maximum absolute atomic E-state index is 13.5. The van der Waals surface area contributed by atoms with Gasteiger partial charge in [-0.1, -0.05) is 6.07 Å². The summed E-state index contributed by atoms with van der Waals surface area (Å²) in [6.45, 7) is 1.67. The number of ether oxygens (including phenoxy) is 1. The summed E-state index contributed by atoms with van der Waals surface area (Å²) in [5.74, 6) is -1.48. The molecule has 0 aliphatic carbocycles. The normalized spacial score (nSPS) is 11.3. The predicted molar refractivity (Wildman–Crippen MR) is 67.3 cm³/mol. The van der Waals surface area contributed by atoms with Crippen LogP contribution in [0.3, 0.4) is 0 Å². The van der Waals surface area contributed by atoms with Crippen molar-refractivity contribution in [1.82, 2.24) is 4.72 Å². The molecule has 0 aromatic heterocycles. The molecule has 6 nitrogen and oxygen atoms in total. The van der Waals surface area contributed by atoms with Gasteiger partial charge in [-0.15, -0.1) is 0 Å². The molecular weight excluding hydrogens is 275 g/mol. The number of nitrogens with one attached hydrogen (secondary N) is 1. The Morgan fingerprint density at radius 1 is 1.47 bits per heavy atom. The third-order valence-electron chi connectivity index (χ3n) is 2.19. The van der Waals surface area contributed by atoms with Crippen LogP contribution in [0.25, 0.3) is 0 Å². The van der Waals surface area contributed by atoms with E-state index in [1.807, 2.05) is 0 Å². The second-order valence-corrected chi connectivity index (χ2v) is 5.31. The number of esters is 1. The molecule has 0 saturated carbocycles. The summed E-state index contributed by atoms with van der Waals surface area (Å²) < 4.78 is 43.9. The molecule has 0 spiro atoms. The number of anilines is 1. The maximum atomic E-state index is 13.5. The summed E-state index contributed by atoms with van der Waals surface area (Å²) in [6, 6.07) is 3.58. The molecule has 0 aliphatic rings. The number of benzene rings is 1. The van der Waals surface area contributed by atoms with Gasteiger partial charge in [-0.3, -0.25) is 4.79 Å². The van der Waals surface area contributed by atoms with Crippen molar-refractivity contribution in [3.05, 3.63) is 24.0 Å². The Morgan fingerprint density at radius 2 is 2.16 bits per heavy atom. The van der Waals surface area contributed by atoms with E-state index < -0.39 is 26.7 Å². The van der Waals surface area contributed by atoms with Gasteiger partial charge in [0.05, 0.1) is 18.7 Å². The molecule has 1 aromatic rings. The van der Waals surface area contributed by atoms with Gasteiger partial charge >= 0.3 is 5.97 Å². The first-order valence-corrected chi connectivity index (χ1v) is 7.06. The highest BCUT2D eigenvalue weighted by atomic mass is 32.2. The van der Waals surface area contributed by atoms with Crippen LogP contribution in [0.1, 0.15) is 13.3 Å². The molecule has 106 valence electrons. The van der Waals surface area contributed by atoms with E-state index in [0.717, 1.165) is 6.07 Å². The zero-order chi connectivity index (χ0) is 14.5. The third kappa shape index (κ3) is 4.18. The van der Waals surface area contributed by atoms with Gasteiger partial charge in [-0.2, -0.15) is 0 Å². The van der Waals surface area contributed by atoms with Crippen LogP contribution in [0.5, 0.6) is 0 Å². The molecule has 1 rings (SSSR count). The molecule has 0 saturated heterocycles. The summed E-state index contributed by atoms with van der Waals surface area (Å²) in [6.07, 6.45) is -0.137. The average molecular weight is 290 g/mol. The summed E-state index contributed by atoms with van der Waals surface area (Å²) in [5.41, 5.74) is 5.24. The zero-order valence-corrected chi connectivity index (χ0v) is 11.2. The van der Waals surface area contributed by atoms with Gasteiger partial charge in [0.1, 0.15) is 10.7 Å². The van der Waals surface area contributed by atoms with Gasteiger partial charge in [-0.25, -0.2) is 17.5 Å². The minimum atomic E-state index is -4.09. The average Bonchev–Trinajstić information content (AvgIpc) is 2.28. The molecule has 3 N–H and O–H groups in total. The monoisotopic (exact) mass is 290 g/mol. The fourth-order valence-corrected chi connectivity index (χ4v) is 2.62. The first kappa shape index (κ1) is 15.4. The molecule has 19 heavy (non-hydrogen) atoms. The highest BCUT2D eigenvalue weighted by Gasteiger charge is 2.21. The fraction of sp³-hybridized carbons (Fsp3) is 0.364. The third-order valence-corrected chi connectivity index (χ3v) is 3.75. The van der Waals surface area contributed by atoms with Crippen LogP contribution < -0.4 is 10.5 Å². The lowest BCUT2D eigenvalue weighted by Crippen LogP contribution is -2.28. The molecule has 0 amide bonds. The number of sulfonamides is 1. The molecule has 0 atom stereocenters. The van der Waals surface area contributed by atoms with E-state index in [2.05, 4.69) is 9.46 Å². The highest BCUT2D eigenvalue weighted by molar-refractivity contribution is 7.89. The van der Waals surface area contributed by atoms with E-state index in [1.54, 1.807) is 6.92 Å². The maximum Gasteiger partial charge on any atom is 0.307 e. The number of nitrogen functional groups attached to an aromatic ring is 1. The lowest BCUT2D eigenvalue weighted by molar-refractivity contribution is -0.142. The van der Waals surface area contributed by atoms with E-state index in [-0.39, 0.29) is 25.3 Å². The Balaban J connectivity index is 2.74. The van der Waals surface area contributed by atoms with Gasteiger partial charge in [0.25, 0.3) is 0 Å². The Kier molecular flexibility index (Phi) is 5.25. The van der Waals surface area contributed by atoms with E-state index >= 15 is 0 Å². The quantitative estimate of drug-likeness (QED) is 0.591. The summed E-state index contributed by atoms with van der Waals surface area (Å²) >= 11 is 0. The summed E-state index contributed by atoms with van der Waals surface area (Å²) in [7, 11) is -4.09. The molecule has 0 unspecified atom stereocenters. The molecule has 0 fully saturated rings. The number of rotatable bonds is 6. The zero-order valence-electron chi connectivity index (χ0n) is 10.3. The Hall–Kier alpha value is -1.67. The molecule has 8 heteroatoms. The van der Waals surface area contributed by atoms with Gasteiger partial charge in [0.2, 0.25) is 10.0 Å². The Bertz CT molecular complexity index is 540. The number of hydrogen-bond donors (Lipinski definition) is 2. The number of carbonyl (C=O) groups excluding carboxylic acids is 1. The van der Waals surface area contributed by atoms with Crippen LogP contribution in [0.2, 0.25) is 0 Å². The van der Waals surface area contributed by atoms with Crippen LogP contribution in [-0.4, -0.2) is 27.5 Å². The van der Waals surface area contributed by atoms with Crippen LogP contribution in [0, 0.1) is 5.82 Å². The lowest BCUT2D eigenvalue weighted by atomic mass is 10.3. The van der Waals surface area contributed by atoms with Gasteiger partial charge in [-0.05, 0) is 19.1 Å². The first-order chi connectivity index (χ1) is 8.88. The SMILES string of the molecule is CCOC(=O)CCNS(=O)(=O)c1c(N)cccc1F. The van der Waals surface area contributed by atoms with Crippen molar-refractivity contribution in [3.63, 3.8) is 0 Å². The topological polar surface area (TPSA) is 98.5 Å². The number of halogens is 1. The molecule has 0 bridgehead atoms. The lowest BCUT2D eigenvalue weighted by Gasteiger charge is -2.09. The van der Waals surface area contributed by atoms with Crippen LogP contribution in [0.15, 0.2) is 23.1 Å². The second kappa shape index (κ2) is 6.48. The Labute approximate surface area is 110 Å². The number of nitrogens with two attached hydrogens (primary N) is 1. The van der Waals surface area contributed by atoms with Crippen molar-refractivity contribution in [3.8, 4) is 0 Å². The van der Waals surface area contributed by atoms with E-state index in [9.17, 15) is 17.6 Å². The second-order valence-electron chi connectivity index (χ2n) is 3.61. The largest absolute Gasteiger partial charge is 0.466 e. The molecule has 1 aromatic carbocycles. The van der Waals surface area contributed by atoms with Crippen molar-refractivity contribution in [2.45, 2.75) is 18.2 Å². The van der Waals surface area contributed by atoms with Gasteiger partial charge in [0.15, 0.2) is 0 Å². The molecule has 0 radical (unpaired) electrons. The Morgan fingerprint density at radius 3 is 2.74 bits per heavy atom. The first-order valence-electron chi connectivity index (χ1n) is 5.57. The minimum absolute atomic E-state index is 0.137. The van der Waals surface area contributed by atoms with Gasteiger partial charge in [0, 0.05) is 6.54 Å². The van der Waals surface area contributed by atoms with E-state index in [0.29, 0.717) is 0 Å². The fourth-order valence-electron chi connectivity index (χ4n) is 1.40. The smallest absolute Gasteiger partial charge is 0.307 e. The van der Waals surface area contributed by atoms with Crippen molar-refractivity contribution < 1.29 is 22.3 Å². The summed E-state index contributed by atoms with van der Waals surface area (Å²) in [4.78, 5) is 10.4. The minimum Gasteiger partial charge on any atom is -0.466 e. The van der Waals surface area contributed by atoms with Crippen molar-refractivity contribution in [2.75, 3.05) is 18.9 Å². The number of carbonyl (C=O) groups is 1. The van der Waals surface area contributed by atoms with E-state index in [1.165, 1.54) is 12.1 Å². The predicted octanol–water partition coefficient (Wildman–Crippen LogP) is 0.639. The standard InChI is InChI=1S/C11H15FN2O4S/c1-2-18-10(15)6-7-14-19(16,17)11-8(12)4-3-5-9(11)13/h3-5,14H,2,6-7,13H2,1H3. The summed E-state index contributed by atoms with van der Waals surface area (Å²) in [5, 5.41) is 0. The molecular formula is C11H15FN2O4S. The van der Waals surface area contributed by atoms with Crippen molar-refractivity contribution in [2.24, 2.45) is 0 Å². The van der Waals surface area contributed by atoms with E-state index in [4.69, 9.17) is 5.73 Å². The van der Waals surface area contributed by atoms with Crippen molar-refractivity contribution in [1.29, 1.82) is 0 Å². The molecule has 0 aliphatic heterocycles. The highest BCUT2D eigenvalue weighted by Crippen LogP contribution is 2.21. The molecule has 0 heterocycles. The van der Waals surface area contributed by atoms with Crippen molar-refractivity contribution >= 4 is 21.7 Å². The van der Waals surface area contributed by atoms with Crippen LogP contribution in [-0.2, 0) is 19.6 Å². The number of hydrogen-bond acceptors (Lipinski definition) is 5. The van der Waals surface area contributed by atoms with Crippen LogP contribution in [0.4, 0.5) is 10.1 Å².